The van der Waals surface area contributed by atoms with Crippen molar-refractivity contribution in [2.24, 2.45) is 23.7 Å². The molecule has 0 N–H and O–H groups in total. The van der Waals surface area contributed by atoms with E-state index in [-0.39, 0.29) is 23.8 Å². The van der Waals surface area contributed by atoms with Crippen molar-refractivity contribution < 1.29 is 19.1 Å². The summed E-state index contributed by atoms with van der Waals surface area (Å²) in [6.07, 6.45) is 4.99. The average Bonchev–Trinajstić information content (AvgIpc) is 2.56. The van der Waals surface area contributed by atoms with Gasteiger partial charge in [-0.3, -0.25) is 9.59 Å². The second-order valence-corrected chi connectivity index (χ2v) is 6.84. The summed E-state index contributed by atoms with van der Waals surface area (Å²) in [5, 5.41) is 0. The molecule has 2 atom stereocenters. The summed E-state index contributed by atoms with van der Waals surface area (Å²) in [4.78, 5) is 24.0. The van der Waals surface area contributed by atoms with Crippen LogP contribution < -0.4 is 0 Å². The molecule has 1 aliphatic carbocycles. The van der Waals surface area contributed by atoms with Crippen LogP contribution in [0.25, 0.3) is 0 Å². The van der Waals surface area contributed by atoms with Crippen molar-refractivity contribution in [1.82, 2.24) is 0 Å². The molecule has 1 saturated carbocycles. The van der Waals surface area contributed by atoms with Crippen LogP contribution in [0.15, 0.2) is 0 Å². The van der Waals surface area contributed by atoms with Crippen molar-refractivity contribution >= 4 is 11.9 Å². The van der Waals surface area contributed by atoms with E-state index < -0.39 is 0 Å². The number of carbonyl (C=O) groups is 2. The number of rotatable bonds is 8. The van der Waals surface area contributed by atoms with Crippen LogP contribution in [0.4, 0.5) is 0 Å². The van der Waals surface area contributed by atoms with Crippen LogP contribution in [-0.2, 0) is 19.1 Å². The lowest BCUT2D eigenvalue weighted by molar-refractivity contribution is -0.156. The Labute approximate surface area is 134 Å². The maximum atomic E-state index is 12.0. The van der Waals surface area contributed by atoms with Gasteiger partial charge in [0.15, 0.2) is 0 Å². The first-order chi connectivity index (χ1) is 10.5. The van der Waals surface area contributed by atoms with Gasteiger partial charge < -0.3 is 9.47 Å². The van der Waals surface area contributed by atoms with Gasteiger partial charge in [-0.25, -0.2) is 0 Å². The molecule has 0 radical (unpaired) electrons. The second-order valence-electron chi connectivity index (χ2n) is 6.84. The lowest BCUT2D eigenvalue weighted by Gasteiger charge is -2.26. The highest BCUT2D eigenvalue weighted by Gasteiger charge is 2.31. The Morgan fingerprint density at radius 3 is 1.41 bits per heavy atom. The third-order valence-corrected chi connectivity index (χ3v) is 4.81. The molecule has 0 heterocycles. The van der Waals surface area contributed by atoms with E-state index in [2.05, 4.69) is 27.7 Å². The van der Waals surface area contributed by atoms with E-state index in [1.807, 2.05) is 0 Å². The van der Waals surface area contributed by atoms with E-state index in [0.29, 0.717) is 25.0 Å². The summed E-state index contributed by atoms with van der Waals surface area (Å²) >= 11 is 0. The van der Waals surface area contributed by atoms with Gasteiger partial charge in [-0.1, -0.05) is 40.5 Å². The molecule has 1 aliphatic rings. The number of ether oxygens (including phenoxy) is 2. The van der Waals surface area contributed by atoms with Gasteiger partial charge in [0.25, 0.3) is 0 Å². The molecule has 0 aromatic carbocycles. The highest BCUT2D eigenvalue weighted by Crippen LogP contribution is 2.30. The average molecular weight is 312 g/mol. The van der Waals surface area contributed by atoms with Crippen molar-refractivity contribution in [3.05, 3.63) is 0 Å². The molecule has 0 spiro atoms. The van der Waals surface area contributed by atoms with Gasteiger partial charge in [-0.2, -0.15) is 0 Å². The molecule has 22 heavy (non-hydrogen) atoms. The highest BCUT2D eigenvalue weighted by atomic mass is 16.5. The number of carbonyl (C=O) groups excluding carboxylic acids is 2. The molecule has 4 heteroatoms. The quantitative estimate of drug-likeness (QED) is 0.636. The normalized spacial score (nSPS) is 24.4. The standard InChI is InChI=1S/C18H32O4/c1-5-13(3)11-21-17(19)15-7-9-16(10-8-15)18(20)22-12-14(4)6-2/h13-16H,5-12H2,1-4H3. The zero-order valence-corrected chi connectivity index (χ0v) is 14.6. The first-order valence-corrected chi connectivity index (χ1v) is 8.81. The van der Waals surface area contributed by atoms with Gasteiger partial charge in [0.1, 0.15) is 0 Å². The van der Waals surface area contributed by atoms with Crippen LogP contribution in [-0.4, -0.2) is 25.2 Å². The second kappa shape index (κ2) is 9.86. The molecule has 0 amide bonds. The Balaban J connectivity index is 2.27. The van der Waals surface area contributed by atoms with Crippen LogP contribution >= 0.6 is 0 Å². The zero-order valence-electron chi connectivity index (χ0n) is 14.6. The van der Waals surface area contributed by atoms with Gasteiger partial charge in [0, 0.05) is 0 Å². The minimum atomic E-state index is -0.0910. The summed E-state index contributed by atoms with van der Waals surface area (Å²) in [6.45, 7) is 9.36. The summed E-state index contributed by atoms with van der Waals surface area (Å²) < 4.78 is 10.7. The summed E-state index contributed by atoms with van der Waals surface area (Å²) in [7, 11) is 0. The Hall–Kier alpha value is -1.06. The van der Waals surface area contributed by atoms with E-state index >= 15 is 0 Å². The van der Waals surface area contributed by atoms with Crippen molar-refractivity contribution in [1.29, 1.82) is 0 Å². The fourth-order valence-corrected chi connectivity index (χ4v) is 2.49. The third-order valence-electron chi connectivity index (χ3n) is 4.81. The number of esters is 2. The molecule has 0 bridgehead atoms. The van der Waals surface area contributed by atoms with E-state index in [1.165, 1.54) is 0 Å². The predicted octanol–water partition coefficient (Wildman–Crippen LogP) is 3.97. The molecule has 0 saturated heterocycles. The van der Waals surface area contributed by atoms with Gasteiger partial charge in [-0.15, -0.1) is 0 Å². The van der Waals surface area contributed by atoms with Crippen LogP contribution in [0.1, 0.15) is 66.2 Å². The number of hydrogen-bond acceptors (Lipinski definition) is 4. The molecular formula is C18H32O4. The van der Waals surface area contributed by atoms with Crippen LogP contribution in [0.3, 0.4) is 0 Å². The largest absolute Gasteiger partial charge is 0.465 e. The summed E-state index contributed by atoms with van der Waals surface area (Å²) in [6, 6.07) is 0. The third kappa shape index (κ3) is 6.37. The van der Waals surface area contributed by atoms with Gasteiger partial charge in [-0.05, 0) is 37.5 Å². The molecule has 128 valence electrons. The molecule has 0 aromatic rings. The maximum Gasteiger partial charge on any atom is 0.308 e. The van der Waals surface area contributed by atoms with Crippen molar-refractivity contribution in [3.8, 4) is 0 Å². The first-order valence-electron chi connectivity index (χ1n) is 8.81. The first kappa shape index (κ1) is 19.0. The minimum absolute atomic E-state index is 0.0392. The lowest BCUT2D eigenvalue weighted by Crippen LogP contribution is -2.29. The monoisotopic (exact) mass is 312 g/mol. The SMILES string of the molecule is CCC(C)COC(=O)C1CCC(C(=O)OCC(C)CC)CC1. The maximum absolute atomic E-state index is 12.0. The fourth-order valence-electron chi connectivity index (χ4n) is 2.49. The molecule has 0 aliphatic heterocycles. The molecule has 1 rings (SSSR count). The fraction of sp³-hybridized carbons (Fsp3) is 0.889. The van der Waals surface area contributed by atoms with E-state index in [9.17, 15) is 9.59 Å². The van der Waals surface area contributed by atoms with Gasteiger partial charge in [0.05, 0.1) is 25.0 Å². The Kier molecular flexibility index (Phi) is 8.51. The van der Waals surface area contributed by atoms with E-state index in [1.54, 1.807) is 0 Å². The lowest BCUT2D eigenvalue weighted by atomic mass is 9.82. The van der Waals surface area contributed by atoms with Gasteiger partial charge >= 0.3 is 11.9 Å². The van der Waals surface area contributed by atoms with Crippen LogP contribution in [0.5, 0.6) is 0 Å². The Morgan fingerprint density at radius 1 is 0.818 bits per heavy atom. The topological polar surface area (TPSA) is 52.6 Å². The molecule has 0 aromatic heterocycles. The van der Waals surface area contributed by atoms with Crippen molar-refractivity contribution in [2.45, 2.75) is 66.2 Å². The van der Waals surface area contributed by atoms with Gasteiger partial charge in [0.2, 0.25) is 0 Å². The van der Waals surface area contributed by atoms with Crippen molar-refractivity contribution in [3.63, 3.8) is 0 Å². The van der Waals surface area contributed by atoms with E-state index in [4.69, 9.17) is 9.47 Å². The summed E-state index contributed by atoms with van der Waals surface area (Å²) in [5.41, 5.74) is 0. The predicted molar refractivity (Wildman–Crippen MR) is 86.3 cm³/mol. The van der Waals surface area contributed by atoms with Crippen molar-refractivity contribution in [2.75, 3.05) is 13.2 Å². The molecule has 1 fully saturated rings. The Bertz CT molecular complexity index is 311. The molecule has 4 nitrogen and oxygen atoms in total. The Morgan fingerprint density at radius 2 is 1.14 bits per heavy atom. The summed E-state index contributed by atoms with van der Waals surface area (Å²) in [5.74, 6) is 0.565. The van der Waals surface area contributed by atoms with Crippen LogP contribution in [0.2, 0.25) is 0 Å². The van der Waals surface area contributed by atoms with Crippen LogP contribution in [0, 0.1) is 23.7 Å². The minimum Gasteiger partial charge on any atom is -0.465 e. The highest BCUT2D eigenvalue weighted by molar-refractivity contribution is 5.75. The van der Waals surface area contributed by atoms with E-state index in [0.717, 1.165) is 38.5 Å². The smallest absolute Gasteiger partial charge is 0.308 e. The zero-order chi connectivity index (χ0) is 16.5. The number of hydrogen-bond donors (Lipinski definition) is 0. The molecular weight excluding hydrogens is 280 g/mol. The molecule has 2 unspecified atom stereocenters.